The van der Waals surface area contributed by atoms with E-state index in [1.807, 2.05) is 37.3 Å². The molecule has 106 valence electrons. The predicted octanol–water partition coefficient (Wildman–Crippen LogP) is 3.96. The van der Waals surface area contributed by atoms with Gasteiger partial charge >= 0.3 is 0 Å². The second-order valence-electron chi connectivity index (χ2n) is 4.70. The second-order valence-corrected chi connectivity index (χ2v) is 4.70. The number of anilines is 1. The normalized spacial score (nSPS) is 10.3. The van der Waals surface area contributed by atoms with Gasteiger partial charge in [0, 0.05) is 19.0 Å². The summed E-state index contributed by atoms with van der Waals surface area (Å²) < 4.78 is 5.81. The first kappa shape index (κ1) is 14.3. The van der Waals surface area contributed by atoms with Gasteiger partial charge in [0.1, 0.15) is 17.4 Å². The zero-order valence-corrected chi connectivity index (χ0v) is 12.3. The van der Waals surface area contributed by atoms with Crippen LogP contribution < -0.4 is 10.1 Å². The Morgan fingerprint density at radius 3 is 2.50 bits per heavy atom. The average Bonchev–Trinajstić information content (AvgIpc) is 2.47. The van der Waals surface area contributed by atoms with Gasteiger partial charge in [0.25, 0.3) is 0 Å². The first-order valence-corrected chi connectivity index (χ1v) is 7.07. The highest BCUT2D eigenvalue weighted by Crippen LogP contribution is 2.22. The van der Waals surface area contributed by atoms with Crippen LogP contribution in [0.25, 0.3) is 0 Å². The zero-order chi connectivity index (χ0) is 14.4. The quantitative estimate of drug-likeness (QED) is 0.863. The minimum absolute atomic E-state index is 0.583. The molecule has 0 aliphatic heterocycles. The molecule has 4 nitrogen and oxygen atoms in total. The fraction of sp³-hybridized carbons (Fsp3) is 0.375. The monoisotopic (exact) mass is 271 g/mol. The molecule has 0 bridgehead atoms. The van der Waals surface area contributed by atoms with Gasteiger partial charge in [-0.3, -0.25) is 0 Å². The largest absolute Gasteiger partial charge is 0.439 e. The molecule has 1 heterocycles. The number of benzene rings is 1. The number of hydrogen-bond donors (Lipinski definition) is 1. The van der Waals surface area contributed by atoms with Crippen molar-refractivity contribution in [3.05, 3.63) is 41.7 Å². The van der Waals surface area contributed by atoms with Crippen molar-refractivity contribution in [2.24, 2.45) is 0 Å². The Hall–Kier alpha value is -2.10. The van der Waals surface area contributed by atoms with Gasteiger partial charge in [-0.15, -0.1) is 0 Å². The van der Waals surface area contributed by atoms with Crippen LogP contribution in [-0.2, 0) is 6.42 Å². The Bertz CT molecular complexity index is 552. The molecule has 2 aromatic rings. The number of ether oxygens (including phenoxy) is 1. The van der Waals surface area contributed by atoms with E-state index < -0.39 is 0 Å². The molecule has 4 heteroatoms. The summed E-state index contributed by atoms with van der Waals surface area (Å²) in [5, 5.41) is 3.27. The molecular formula is C16H21N3O. The molecule has 0 aliphatic carbocycles. The summed E-state index contributed by atoms with van der Waals surface area (Å²) in [6.45, 7) is 7.10. The van der Waals surface area contributed by atoms with Crippen LogP contribution in [0.1, 0.15) is 31.7 Å². The number of hydrogen-bond acceptors (Lipinski definition) is 4. The van der Waals surface area contributed by atoms with Crippen LogP contribution >= 0.6 is 0 Å². The van der Waals surface area contributed by atoms with Crippen molar-refractivity contribution >= 4 is 5.82 Å². The molecule has 0 spiro atoms. The molecule has 0 saturated carbocycles. The minimum Gasteiger partial charge on any atom is -0.439 e. The van der Waals surface area contributed by atoms with E-state index >= 15 is 0 Å². The second kappa shape index (κ2) is 6.89. The molecule has 0 fully saturated rings. The van der Waals surface area contributed by atoms with Gasteiger partial charge in [-0.1, -0.05) is 31.5 Å². The van der Waals surface area contributed by atoms with Crippen molar-refractivity contribution in [2.45, 2.75) is 33.6 Å². The van der Waals surface area contributed by atoms with Gasteiger partial charge in [-0.2, -0.15) is 4.98 Å². The summed E-state index contributed by atoms with van der Waals surface area (Å²) in [4.78, 5) is 8.85. The van der Waals surface area contributed by atoms with Crippen molar-refractivity contribution in [3.8, 4) is 11.6 Å². The SMILES string of the molecule is CCCNc1cc(Oc2ccc(C)cc2)nc(CC)n1. The van der Waals surface area contributed by atoms with Crippen molar-refractivity contribution in [3.63, 3.8) is 0 Å². The molecule has 0 amide bonds. The first-order valence-electron chi connectivity index (χ1n) is 7.07. The summed E-state index contributed by atoms with van der Waals surface area (Å²) in [6.07, 6.45) is 1.84. The first-order chi connectivity index (χ1) is 9.71. The summed E-state index contributed by atoms with van der Waals surface area (Å²) in [5.41, 5.74) is 1.21. The van der Waals surface area contributed by atoms with Gasteiger partial charge in [-0.25, -0.2) is 4.98 Å². The van der Waals surface area contributed by atoms with Gasteiger partial charge in [0.2, 0.25) is 5.88 Å². The molecule has 1 N–H and O–H groups in total. The average molecular weight is 271 g/mol. The van der Waals surface area contributed by atoms with Crippen LogP contribution in [0.4, 0.5) is 5.82 Å². The lowest BCUT2D eigenvalue weighted by atomic mass is 10.2. The Labute approximate surface area is 120 Å². The van der Waals surface area contributed by atoms with E-state index in [0.29, 0.717) is 5.88 Å². The van der Waals surface area contributed by atoms with Crippen LogP contribution in [0.5, 0.6) is 11.6 Å². The Morgan fingerprint density at radius 1 is 1.10 bits per heavy atom. The van der Waals surface area contributed by atoms with Crippen molar-refractivity contribution < 1.29 is 4.74 Å². The third-order valence-corrected chi connectivity index (χ3v) is 2.86. The maximum atomic E-state index is 5.81. The Morgan fingerprint density at radius 2 is 1.85 bits per heavy atom. The summed E-state index contributed by atoms with van der Waals surface area (Å²) in [7, 11) is 0. The van der Waals surface area contributed by atoms with Gasteiger partial charge < -0.3 is 10.1 Å². The van der Waals surface area contributed by atoms with Gasteiger partial charge in [0.15, 0.2) is 0 Å². The molecule has 1 aromatic carbocycles. The third-order valence-electron chi connectivity index (χ3n) is 2.86. The molecule has 0 atom stereocenters. The highest BCUT2D eigenvalue weighted by atomic mass is 16.5. The van der Waals surface area contributed by atoms with Crippen molar-refractivity contribution in [1.82, 2.24) is 9.97 Å². The molecule has 20 heavy (non-hydrogen) atoms. The van der Waals surface area contributed by atoms with E-state index in [1.165, 1.54) is 5.56 Å². The predicted molar refractivity (Wildman–Crippen MR) is 81.4 cm³/mol. The molecule has 2 rings (SSSR count). The van der Waals surface area contributed by atoms with E-state index in [0.717, 1.165) is 36.8 Å². The maximum absolute atomic E-state index is 5.81. The number of nitrogens with zero attached hydrogens (tertiary/aromatic N) is 2. The smallest absolute Gasteiger partial charge is 0.224 e. The Balaban J connectivity index is 2.19. The van der Waals surface area contributed by atoms with Gasteiger partial charge in [0.05, 0.1) is 0 Å². The van der Waals surface area contributed by atoms with Crippen LogP contribution in [0.3, 0.4) is 0 Å². The third kappa shape index (κ3) is 3.95. The number of nitrogens with one attached hydrogen (secondary N) is 1. The molecule has 0 unspecified atom stereocenters. The summed E-state index contributed by atoms with van der Waals surface area (Å²) in [6, 6.07) is 9.78. The highest BCUT2D eigenvalue weighted by molar-refractivity contribution is 5.40. The Kier molecular flexibility index (Phi) is 4.93. The lowest BCUT2D eigenvalue weighted by molar-refractivity contribution is 0.459. The van der Waals surface area contributed by atoms with Crippen LogP contribution in [-0.4, -0.2) is 16.5 Å². The lowest BCUT2D eigenvalue weighted by Gasteiger charge is -2.10. The van der Waals surface area contributed by atoms with Crippen LogP contribution in [0.2, 0.25) is 0 Å². The van der Waals surface area contributed by atoms with E-state index in [4.69, 9.17) is 4.74 Å². The van der Waals surface area contributed by atoms with Crippen LogP contribution in [0, 0.1) is 6.92 Å². The van der Waals surface area contributed by atoms with Crippen LogP contribution in [0.15, 0.2) is 30.3 Å². The molecule has 0 aliphatic rings. The topological polar surface area (TPSA) is 47.0 Å². The molecule has 0 radical (unpaired) electrons. The van der Waals surface area contributed by atoms with E-state index in [2.05, 4.69) is 29.1 Å². The van der Waals surface area contributed by atoms with E-state index in [1.54, 1.807) is 0 Å². The fourth-order valence-electron chi connectivity index (χ4n) is 1.75. The summed E-state index contributed by atoms with van der Waals surface area (Å²) in [5.74, 6) is 2.98. The lowest BCUT2D eigenvalue weighted by Crippen LogP contribution is -2.05. The van der Waals surface area contributed by atoms with E-state index in [-0.39, 0.29) is 0 Å². The molecule has 0 saturated heterocycles. The van der Waals surface area contributed by atoms with Gasteiger partial charge in [-0.05, 0) is 25.5 Å². The standard InChI is InChI=1S/C16H21N3O/c1-4-10-17-15-11-16(19-14(5-2)18-15)20-13-8-6-12(3)7-9-13/h6-9,11H,4-5,10H2,1-3H3,(H,17,18,19). The number of aromatic nitrogens is 2. The van der Waals surface area contributed by atoms with E-state index in [9.17, 15) is 0 Å². The van der Waals surface area contributed by atoms with Crippen molar-refractivity contribution in [2.75, 3.05) is 11.9 Å². The molecule has 1 aromatic heterocycles. The molecular weight excluding hydrogens is 250 g/mol. The number of aryl methyl sites for hydroxylation is 2. The minimum atomic E-state index is 0.583. The highest BCUT2D eigenvalue weighted by Gasteiger charge is 2.05. The fourth-order valence-corrected chi connectivity index (χ4v) is 1.75. The number of rotatable bonds is 6. The maximum Gasteiger partial charge on any atom is 0.224 e. The summed E-state index contributed by atoms with van der Waals surface area (Å²) >= 11 is 0. The van der Waals surface area contributed by atoms with Crippen molar-refractivity contribution in [1.29, 1.82) is 0 Å². The zero-order valence-electron chi connectivity index (χ0n) is 12.3.